The zero-order valence-electron chi connectivity index (χ0n) is 13.7. The van der Waals surface area contributed by atoms with Crippen LogP contribution in [0.15, 0.2) is 41.3 Å². The summed E-state index contributed by atoms with van der Waals surface area (Å²) in [6.45, 7) is 0.191. The van der Waals surface area contributed by atoms with Gasteiger partial charge < -0.3 is 0 Å². The molecule has 0 bridgehead atoms. The minimum atomic E-state index is -0.214. The molecule has 6 heteroatoms. The van der Waals surface area contributed by atoms with Crippen molar-refractivity contribution in [1.29, 1.82) is 0 Å². The van der Waals surface area contributed by atoms with E-state index in [9.17, 15) is 9.59 Å². The average molecular weight is 373 g/mol. The third-order valence-electron chi connectivity index (χ3n) is 4.98. The Morgan fingerprint density at radius 1 is 1.16 bits per heavy atom. The number of imide groups is 1. The maximum atomic E-state index is 12.6. The number of pyridine rings is 1. The topological polar surface area (TPSA) is 50.3 Å². The predicted octanol–water partition coefficient (Wildman–Crippen LogP) is 4.06. The molecular weight excluding hydrogens is 356 g/mol. The van der Waals surface area contributed by atoms with E-state index >= 15 is 0 Å². The van der Waals surface area contributed by atoms with Gasteiger partial charge in [-0.25, -0.2) is 4.98 Å². The van der Waals surface area contributed by atoms with Gasteiger partial charge >= 0.3 is 0 Å². The van der Waals surface area contributed by atoms with Gasteiger partial charge in [-0.1, -0.05) is 29.8 Å². The number of hydrogen-bond donors (Lipinski definition) is 0. The Hall–Kier alpha value is -1.85. The van der Waals surface area contributed by atoms with E-state index in [1.807, 2.05) is 42.7 Å². The molecule has 1 aromatic heterocycles. The number of carbonyl (C=O) groups excluding carboxylic acids is 2. The van der Waals surface area contributed by atoms with Crippen LogP contribution >= 0.6 is 23.4 Å². The second kappa shape index (κ2) is 6.46. The molecule has 0 N–H and O–H groups in total. The fourth-order valence-corrected chi connectivity index (χ4v) is 4.24. The quantitative estimate of drug-likeness (QED) is 0.353. The molecule has 2 atom stereocenters. The van der Waals surface area contributed by atoms with Gasteiger partial charge in [0.15, 0.2) is 0 Å². The van der Waals surface area contributed by atoms with Gasteiger partial charge in [0.2, 0.25) is 11.8 Å². The third-order valence-corrected chi connectivity index (χ3v) is 6.03. The van der Waals surface area contributed by atoms with Crippen LogP contribution in [-0.2, 0) is 16.1 Å². The number of halogens is 1. The molecule has 2 amide bonds. The lowest BCUT2D eigenvalue weighted by Crippen LogP contribution is -2.30. The fraction of sp³-hybridized carbons (Fsp3) is 0.316. The summed E-state index contributed by atoms with van der Waals surface area (Å²) in [7, 11) is 0. The Morgan fingerprint density at radius 2 is 1.84 bits per heavy atom. The molecule has 0 radical (unpaired) electrons. The van der Waals surface area contributed by atoms with Crippen molar-refractivity contribution in [2.75, 3.05) is 6.26 Å². The SMILES string of the molecule is CSc1ccc2cc(CN3C(=O)[C@H]4CC=CC[C@@H]4C3=O)c(Cl)nc2c1. The predicted molar refractivity (Wildman–Crippen MR) is 99.4 cm³/mol. The first kappa shape index (κ1) is 16.6. The molecule has 2 heterocycles. The van der Waals surface area contributed by atoms with Crippen LogP contribution in [0.1, 0.15) is 18.4 Å². The average Bonchev–Trinajstić information content (AvgIpc) is 2.87. The Morgan fingerprint density at radius 3 is 2.48 bits per heavy atom. The van der Waals surface area contributed by atoms with Crippen LogP contribution in [-0.4, -0.2) is 28.0 Å². The molecule has 1 saturated heterocycles. The Labute approximate surface area is 155 Å². The standard InChI is InChI=1S/C19H17ClN2O2S/c1-25-13-7-6-11-8-12(17(20)21-16(11)9-13)10-22-18(23)14-4-2-3-5-15(14)19(22)24/h2-3,6-9,14-15H,4-5,10H2,1H3/t14-,15-/m0/s1. The minimum Gasteiger partial charge on any atom is -0.277 e. The van der Waals surface area contributed by atoms with Gasteiger partial charge in [0.1, 0.15) is 5.15 Å². The van der Waals surface area contributed by atoms with Crippen LogP contribution in [0.4, 0.5) is 0 Å². The molecule has 4 rings (SSSR count). The highest BCUT2D eigenvalue weighted by Crippen LogP contribution is 2.36. The van der Waals surface area contributed by atoms with Gasteiger partial charge in [-0.15, -0.1) is 11.8 Å². The summed E-state index contributed by atoms with van der Waals surface area (Å²) in [6, 6.07) is 7.93. The zero-order valence-corrected chi connectivity index (χ0v) is 15.3. The lowest BCUT2D eigenvalue weighted by molar-refractivity contribution is -0.140. The second-order valence-electron chi connectivity index (χ2n) is 6.42. The highest BCUT2D eigenvalue weighted by molar-refractivity contribution is 7.98. The molecule has 1 aliphatic heterocycles. The largest absolute Gasteiger partial charge is 0.277 e. The van der Waals surface area contributed by atoms with E-state index in [1.54, 1.807) is 11.8 Å². The second-order valence-corrected chi connectivity index (χ2v) is 7.65. The van der Waals surface area contributed by atoms with Crippen LogP contribution in [0.25, 0.3) is 10.9 Å². The molecule has 1 aromatic carbocycles. The molecule has 2 aliphatic rings. The number of allylic oxidation sites excluding steroid dienone is 2. The summed E-state index contributed by atoms with van der Waals surface area (Å²) in [5.74, 6) is -0.607. The smallest absolute Gasteiger partial charge is 0.233 e. The number of amides is 2. The first-order chi connectivity index (χ1) is 12.1. The maximum absolute atomic E-state index is 12.6. The molecule has 0 unspecified atom stereocenters. The van der Waals surface area contributed by atoms with Crippen molar-refractivity contribution >= 4 is 46.1 Å². The summed E-state index contributed by atoms with van der Waals surface area (Å²) >= 11 is 7.99. The van der Waals surface area contributed by atoms with Gasteiger partial charge in [-0.05, 0) is 37.3 Å². The number of benzene rings is 1. The van der Waals surface area contributed by atoms with Gasteiger partial charge in [0.05, 0.1) is 23.9 Å². The van der Waals surface area contributed by atoms with Crippen LogP contribution < -0.4 is 0 Å². The van der Waals surface area contributed by atoms with Crippen LogP contribution in [0.5, 0.6) is 0 Å². The zero-order chi connectivity index (χ0) is 17.6. The minimum absolute atomic E-state index is 0.0896. The number of aromatic nitrogens is 1. The van der Waals surface area contributed by atoms with Crippen molar-refractivity contribution in [3.8, 4) is 0 Å². The van der Waals surface area contributed by atoms with E-state index in [-0.39, 0.29) is 30.2 Å². The third kappa shape index (κ3) is 2.85. The lowest BCUT2D eigenvalue weighted by Gasteiger charge is -2.16. The van der Waals surface area contributed by atoms with Crippen LogP contribution in [0.2, 0.25) is 5.15 Å². The van der Waals surface area contributed by atoms with E-state index in [4.69, 9.17) is 11.6 Å². The van der Waals surface area contributed by atoms with E-state index in [0.29, 0.717) is 23.6 Å². The van der Waals surface area contributed by atoms with Crippen LogP contribution in [0, 0.1) is 11.8 Å². The van der Waals surface area contributed by atoms with Gasteiger partial charge in [-0.3, -0.25) is 14.5 Å². The summed E-state index contributed by atoms with van der Waals surface area (Å²) in [5.41, 5.74) is 1.52. The maximum Gasteiger partial charge on any atom is 0.233 e. The van der Waals surface area contributed by atoms with E-state index in [2.05, 4.69) is 4.98 Å². The number of likely N-dealkylation sites (tertiary alicyclic amines) is 1. The molecule has 128 valence electrons. The Balaban J connectivity index is 1.65. The van der Waals surface area contributed by atoms with E-state index in [0.717, 1.165) is 15.8 Å². The van der Waals surface area contributed by atoms with Crippen LogP contribution in [0.3, 0.4) is 0 Å². The van der Waals surface area contributed by atoms with Crippen molar-refractivity contribution in [2.24, 2.45) is 11.8 Å². The van der Waals surface area contributed by atoms with E-state index < -0.39 is 0 Å². The molecular formula is C19H17ClN2O2S. The summed E-state index contributed by atoms with van der Waals surface area (Å²) in [5, 5.41) is 1.30. The molecule has 4 nitrogen and oxygen atoms in total. The summed E-state index contributed by atoms with van der Waals surface area (Å²) in [6.07, 6.45) is 7.28. The van der Waals surface area contributed by atoms with Crippen molar-refractivity contribution in [3.05, 3.63) is 47.1 Å². The lowest BCUT2D eigenvalue weighted by atomic mass is 9.85. The number of nitrogens with zero attached hydrogens (tertiary/aromatic N) is 2. The molecule has 1 fully saturated rings. The Bertz CT molecular complexity index is 886. The van der Waals surface area contributed by atoms with Gasteiger partial charge in [-0.2, -0.15) is 0 Å². The van der Waals surface area contributed by atoms with Crippen molar-refractivity contribution in [3.63, 3.8) is 0 Å². The number of hydrogen-bond acceptors (Lipinski definition) is 4. The molecule has 2 aromatic rings. The van der Waals surface area contributed by atoms with Gasteiger partial charge in [0.25, 0.3) is 0 Å². The number of fused-ring (bicyclic) bond motifs is 2. The van der Waals surface area contributed by atoms with Crippen molar-refractivity contribution in [2.45, 2.75) is 24.3 Å². The van der Waals surface area contributed by atoms with E-state index in [1.165, 1.54) is 4.90 Å². The monoisotopic (exact) mass is 372 g/mol. The highest BCUT2D eigenvalue weighted by Gasteiger charge is 2.47. The molecule has 0 saturated carbocycles. The number of thioether (sulfide) groups is 1. The first-order valence-corrected chi connectivity index (χ1v) is 9.82. The first-order valence-electron chi connectivity index (χ1n) is 8.22. The van der Waals surface area contributed by atoms with Gasteiger partial charge in [0, 0.05) is 15.8 Å². The summed E-state index contributed by atoms with van der Waals surface area (Å²) in [4.78, 5) is 32.2. The fourth-order valence-electron chi connectivity index (χ4n) is 3.60. The number of carbonyl (C=O) groups is 2. The molecule has 0 spiro atoms. The highest BCUT2D eigenvalue weighted by atomic mass is 35.5. The molecule has 25 heavy (non-hydrogen) atoms. The molecule has 1 aliphatic carbocycles. The Kier molecular flexibility index (Phi) is 4.29. The van der Waals surface area contributed by atoms with Crippen molar-refractivity contribution < 1.29 is 9.59 Å². The number of rotatable bonds is 3. The summed E-state index contributed by atoms with van der Waals surface area (Å²) < 4.78 is 0. The van der Waals surface area contributed by atoms with Crippen molar-refractivity contribution in [1.82, 2.24) is 9.88 Å². The normalized spacial score (nSPS) is 22.7.